The van der Waals surface area contributed by atoms with E-state index in [9.17, 15) is 35.4 Å². The van der Waals surface area contributed by atoms with E-state index in [0.29, 0.717) is 22.3 Å². The van der Waals surface area contributed by atoms with E-state index in [4.69, 9.17) is 0 Å². The molecule has 0 radical (unpaired) electrons. The number of aryl methyl sites for hydroxylation is 2. The molecule has 8 nitrogen and oxygen atoms in total. The lowest BCUT2D eigenvalue weighted by atomic mass is 9.90. The molecular weight excluding hydrogens is 463 g/mol. The highest BCUT2D eigenvalue weighted by Gasteiger charge is 2.21. The number of benzene rings is 3. The number of hydrogen-bond acceptors (Lipinski definition) is 5. The molecule has 11 heteroatoms. The molecule has 0 saturated heterocycles. The SMILES string of the molecule is Cc1ccc(S(=O)(=O)O)cc1-c1cccc([PH](=O)O)c1-c1cc(S(=O)(=O)O)ccc1C. The molecule has 31 heavy (non-hydrogen) atoms. The second kappa shape index (κ2) is 8.31. The summed E-state index contributed by atoms with van der Waals surface area (Å²) in [6, 6.07) is 12.4. The fourth-order valence-electron chi connectivity index (χ4n) is 3.33. The zero-order valence-corrected chi connectivity index (χ0v) is 19.0. The predicted octanol–water partition coefficient (Wildman–Crippen LogP) is 3.22. The second-order valence-corrected chi connectivity index (χ2v) is 10.9. The van der Waals surface area contributed by atoms with Gasteiger partial charge in [-0.3, -0.25) is 13.7 Å². The Bertz CT molecular complexity index is 1430. The van der Waals surface area contributed by atoms with Gasteiger partial charge in [-0.05, 0) is 72.0 Å². The van der Waals surface area contributed by atoms with Crippen LogP contribution in [0.15, 0.2) is 64.4 Å². The lowest BCUT2D eigenvalue weighted by Crippen LogP contribution is -2.07. The Morgan fingerprint density at radius 3 is 1.68 bits per heavy atom. The lowest BCUT2D eigenvalue weighted by Gasteiger charge is -2.18. The number of hydrogen-bond donors (Lipinski definition) is 3. The Hall–Kier alpha value is -2.33. The van der Waals surface area contributed by atoms with E-state index in [1.807, 2.05) is 0 Å². The van der Waals surface area contributed by atoms with Gasteiger partial charge < -0.3 is 4.89 Å². The van der Waals surface area contributed by atoms with Gasteiger partial charge in [-0.25, -0.2) is 0 Å². The average molecular weight is 482 g/mol. The van der Waals surface area contributed by atoms with Crippen molar-refractivity contribution in [2.75, 3.05) is 0 Å². The zero-order chi connectivity index (χ0) is 23.1. The molecule has 3 N–H and O–H groups in total. The van der Waals surface area contributed by atoms with Gasteiger partial charge in [-0.1, -0.05) is 24.3 Å². The van der Waals surface area contributed by atoms with Gasteiger partial charge >= 0.3 is 0 Å². The van der Waals surface area contributed by atoms with Crippen LogP contribution in [0.1, 0.15) is 11.1 Å². The molecule has 0 saturated carbocycles. The van der Waals surface area contributed by atoms with Crippen LogP contribution in [0.3, 0.4) is 0 Å². The van der Waals surface area contributed by atoms with Gasteiger partial charge in [-0.15, -0.1) is 0 Å². The third kappa shape index (κ3) is 4.79. The van der Waals surface area contributed by atoms with Crippen molar-refractivity contribution in [3.05, 3.63) is 65.7 Å². The largest absolute Gasteiger partial charge is 0.343 e. The molecule has 3 rings (SSSR count). The third-order valence-corrected chi connectivity index (χ3v) is 7.44. The molecule has 0 aliphatic carbocycles. The molecule has 0 aliphatic heterocycles. The first-order valence-corrected chi connectivity index (χ1v) is 13.1. The Morgan fingerprint density at radius 2 is 1.19 bits per heavy atom. The van der Waals surface area contributed by atoms with E-state index in [1.54, 1.807) is 19.9 Å². The van der Waals surface area contributed by atoms with E-state index in [0.717, 1.165) is 0 Å². The van der Waals surface area contributed by atoms with Crippen LogP contribution in [0.2, 0.25) is 0 Å². The zero-order valence-electron chi connectivity index (χ0n) is 16.4. The van der Waals surface area contributed by atoms with Gasteiger partial charge in [0.15, 0.2) is 0 Å². The molecule has 1 unspecified atom stereocenters. The van der Waals surface area contributed by atoms with Crippen molar-refractivity contribution in [2.45, 2.75) is 23.6 Å². The average Bonchev–Trinajstić information content (AvgIpc) is 2.66. The monoisotopic (exact) mass is 482 g/mol. The van der Waals surface area contributed by atoms with E-state index in [2.05, 4.69) is 0 Å². The summed E-state index contributed by atoms with van der Waals surface area (Å²) in [5.74, 6) is 0. The van der Waals surface area contributed by atoms with E-state index in [-0.39, 0.29) is 21.3 Å². The Kier molecular flexibility index (Phi) is 6.25. The third-order valence-electron chi connectivity index (χ3n) is 4.87. The normalized spacial score (nSPS) is 13.2. The number of rotatable bonds is 5. The molecule has 0 amide bonds. The summed E-state index contributed by atoms with van der Waals surface area (Å²) in [6.45, 7) is 3.36. The minimum atomic E-state index is -4.54. The second-order valence-electron chi connectivity index (χ2n) is 6.94. The fraction of sp³-hybridized carbons (Fsp3) is 0.100. The molecule has 1 atom stereocenters. The first-order chi connectivity index (χ1) is 14.3. The van der Waals surface area contributed by atoms with Crippen molar-refractivity contribution in [3.63, 3.8) is 0 Å². The Morgan fingerprint density at radius 1 is 0.710 bits per heavy atom. The topological polar surface area (TPSA) is 146 Å². The molecule has 0 spiro atoms. The molecule has 0 heterocycles. The maximum Gasteiger partial charge on any atom is 0.294 e. The van der Waals surface area contributed by atoms with Crippen LogP contribution in [0.5, 0.6) is 0 Å². The summed E-state index contributed by atoms with van der Waals surface area (Å²) < 4.78 is 77.7. The summed E-state index contributed by atoms with van der Waals surface area (Å²) >= 11 is 0. The summed E-state index contributed by atoms with van der Waals surface area (Å²) in [7, 11) is -12.3. The lowest BCUT2D eigenvalue weighted by molar-refractivity contribution is 0.481. The van der Waals surface area contributed by atoms with Crippen molar-refractivity contribution >= 4 is 33.6 Å². The predicted molar refractivity (Wildman–Crippen MR) is 117 cm³/mol. The highest BCUT2D eigenvalue weighted by Crippen LogP contribution is 2.39. The molecule has 164 valence electrons. The van der Waals surface area contributed by atoms with Crippen molar-refractivity contribution in [2.24, 2.45) is 0 Å². The van der Waals surface area contributed by atoms with Gasteiger partial charge in [0.2, 0.25) is 8.03 Å². The van der Waals surface area contributed by atoms with Crippen molar-refractivity contribution in [1.29, 1.82) is 0 Å². The van der Waals surface area contributed by atoms with Crippen LogP contribution < -0.4 is 5.30 Å². The van der Waals surface area contributed by atoms with Gasteiger partial charge in [-0.2, -0.15) is 16.8 Å². The molecule has 3 aromatic rings. The summed E-state index contributed by atoms with van der Waals surface area (Å²) in [5.41, 5.74) is 2.42. The first-order valence-electron chi connectivity index (χ1n) is 8.84. The maximum atomic E-state index is 12.2. The van der Waals surface area contributed by atoms with E-state index < -0.39 is 33.2 Å². The summed E-state index contributed by atoms with van der Waals surface area (Å²) in [4.78, 5) is 9.20. The van der Waals surface area contributed by atoms with Crippen LogP contribution in [0, 0.1) is 13.8 Å². The highest BCUT2D eigenvalue weighted by atomic mass is 32.2. The fourth-order valence-corrected chi connectivity index (χ4v) is 5.06. The highest BCUT2D eigenvalue weighted by molar-refractivity contribution is 7.86. The Labute approximate surface area is 180 Å². The molecule has 0 bridgehead atoms. The smallest absolute Gasteiger partial charge is 0.294 e. The standard InChI is InChI=1S/C20H19O8PS2/c1-12-6-8-14(30(23,24)25)10-17(12)16-4-3-5-19(29(21)22)20(16)18-11-15(31(26,27)28)9-7-13(18)2/h3-11,29H,1-2H3,(H,21,22)(H,23,24,25)(H,26,27,28). The van der Waals surface area contributed by atoms with Crippen LogP contribution in [0.4, 0.5) is 0 Å². The van der Waals surface area contributed by atoms with E-state index in [1.165, 1.54) is 48.5 Å². The quantitative estimate of drug-likeness (QED) is 0.371. The van der Waals surface area contributed by atoms with Gasteiger partial charge in [0.1, 0.15) is 0 Å². The molecule has 0 aliphatic rings. The molecular formula is C20H19O8PS2. The molecule has 3 aromatic carbocycles. The van der Waals surface area contributed by atoms with Crippen LogP contribution in [-0.2, 0) is 24.8 Å². The summed E-state index contributed by atoms with van der Waals surface area (Å²) in [5, 5.41) is 0.0368. The van der Waals surface area contributed by atoms with Crippen molar-refractivity contribution in [1.82, 2.24) is 0 Å². The van der Waals surface area contributed by atoms with Gasteiger partial charge in [0.05, 0.1) is 9.79 Å². The summed E-state index contributed by atoms with van der Waals surface area (Å²) in [6.07, 6.45) is 0. The van der Waals surface area contributed by atoms with Crippen LogP contribution in [-0.4, -0.2) is 30.8 Å². The van der Waals surface area contributed by atoms with E-state index >= 15 is 0 Å². The van der Waals surface area contributed by atoms with Crippen LogP contribution in [0.25, 0.3) is 22.3 Å². The minimum Gasteiger partial charge on any atom is -0.343 e. The van der Waals surface area contributed by atoms with Crippen molar-refractivity contribution < 1.29 is 35.4 Å². The molecule has 0 aromatic heterocycles. The van der Waals surface area contributed by atoms with Crippen LogP contribution >= 0.6 is 8.03 Å². The minimum absolute atomic E-state index is 0.0368. The molecule has 0 fully saturated rings. The van der Waals surface area contributed by atoms with Gasteiger partial charge in [0, 0.05) is 10.9 Å². The van der Waals surface area contributed by atoms with Crippen molar-refractivity contribution in [3.8, 4) is 22.3 Å². The van der Waals surface area contributed by atoms with Gasteiger partial charge in [0.25, 0.3) is 20.2 Å². The Balaban J connectivity index is 2.46. The maximum absolute atomic E-state index is 12.2. The first kappa shape index (κ1) is 23.3.